The smallest absolute Gasteiger partial charge is 0.262 e. The van der Waals surface area contributed by atoms with Gasteiger partial charge in [-0.2, -0.15) is 0 Å². The molecule has 1 atom stereocenters. The quantitative estimate of drug-likeness (QED) is 0.822. The second-order valence-corrected chi connectivity index (χ2v) is 5.52. The number of ether oxygens (including phenoxy) is 1. The molecule has 6 heteroatoms. The molecule has 0 aliphatic carbocycles. The zero-order valence-electron chi connectivity index (χ0n) is 12.2. The van der Waals surface area contributed by atoms with Crippen LogP contribution < -0.4 is 5.32 Å². The molecule has 0 spiro atoms. The van der Waals surface area contributed by atoms with Gasteiger partial charge < -0.3 is 10.1 Å². The van der Waals surface area contributed by atoms with E-state index < -0.39 is 11.8 Å². The van der Waals surface area contributed by atoms with E-state index in [1.807, 2.05) is 0 Å². The van der Waals surface area contributed by atoms with Crippen molar-refractivity contribution in [1.82, 2.24) is 10.2 Å². The highest BCUT2D eigenvalue weighted by molar-refractivity contribution is 6.22. The molecular formula is C16H18N2O4. The Morgan fingerprint density at radius 3 is 2.50 bits per heavy atom. The standard InChI is InChI=1S/C16H18N2O4/c19-14(17-8-7-11-4-3-9-22-11)10-18-15(20)12-5-1-2-6-13(12)16(18)21/h1-2,5-6,11H,3-4,7-10H2,(H,17,19). The lowest BCUT2D eigenvalue weighted by molar-refractivity contribution is -0.121. The van der Waals surface area contributed by atoms with Gasteiger partial charge in [0.05, 0.1) is 17.2 Å². The molecule has 1 aromatic carbocycles. The van der Waals surface area contributed by atoms with E-state index in [0.717, 1.165) is 30.8 Å². The summed E-state index contributed by atoms with van der Waals surface area (Å²) in [6.07, 6.45) is 3.05. The van der Waals surface area contributed by atoms with Gasteiger partial charge in [0.15, 0.2) is 0 Å². The van der Waals surface area contributed by atoms with Crippen LogP contribution >= 0.6 is 0 Å². The van der Waals surface area contributed by atoms with Crippen LogP contribution in [-0.4, -0.2) is 48.4 Å². The van der Waals surface area contributed by atoms with Gasteiger partial charge in [0.2, 0.25) is 5.91 Å². The highest BCUT2D eigenvalue weighted by Crippen LogP contribution is 2.21. The zero-order chi connectivity index (χ0) is 15.5. The molecule has 2 heterocycles. The van der Waals surface area contributed by atoms with Crippen molar-refractivity contribution >= 4 is 17.7 Å². The van der Waals surface area contributed by atoms with E-state index in [4.69, 9.17) is 4.74 Å². The average molecular weight is 302 g/mol. The van der Waals surface area contributed by atoms with E-state index in [-0.39, 0.29) is 18.6 Å². The topological polar surface area (TPSA) is 75.7 Å². The fourth-order valence-corrected chi connectivity index (χ4v) is 2.83. The number of carbonyl (C=O) groups is 3. The van der Waals surface area contributed by atoms with Crippen molar-refractivity contribution in [2.24, 2.45) is 0 Å². The molecule has 1 N–H and O–H groups in total. The van der Waals surface area contributed by atoms with Crippen LogP contribution in [0.4, 0.5) is 0 Å². The Bertz CT molecular complexity index is 573. The Morgan fingerprint density at radius 2 is 1.91 bits per heavy atom. The number of imide groups is 1. The van der Waals surface area contributed by atoms with E-state index in [1.165, 1.54) is 0 Å². The van der Waals surface area contributed by atoms with Gasteiger partial charge in [-0.05, 0) is 31.4 Å². The average Bonchev–Trinajstić information content (AvgIpc) is 3.11. The summed E-state index contributed by atoms with van der Waals surface area (Å²) in [5.74, 6) is -1.14. The molecule has 3 rings (SSSR count). The summed E-state index contributed by atoms with van der Waals surface area (Å²) in [6, 6.07) is 6.61. The molecule has 1 fully saturated rings. The molecule has 3 amide bonds. The van der Waals surface area contributed by atoms with Crippen LogP contribution in [0, 0.1) is 0 Å². The summed E-state index contributed by atoms with van der Waals surface area (Å²) in [5, 5.41) is 2.74. The fraction of sp³-hybridized carbons (Fsp3) is 0.438. The van der Waals surface area contributed by atoms with E-state index in [9.17, 15) is 14.4 Å². The lowest BCUT2D eigenvalue weighted by atomic mass is 10.1. The lowest BCUT2D eigenvalue weighted by Gasteiger charge is -2.14. The summed E-state index contributed by atoms with van der Waals surface area (Å²) >= 11 is 0. The van der Waals surface area contributed by atoms with E-state index in [0.29, 0.717) is 17.7 Å². The Morgan fingerprint density at radius 1 is 1.23 bits per heavy atom. The normalized spacial score (nSPS) is 20.4. The van der Waals surface area contributed by atoms with Gasteiger partial charge in [0.1, 0.15) is 6.54 Å². The number of benzene rings is 1. The van der Waals surface area contributed by atoms with E-state index >= 15 is 0 Å². The number of carbonyl (C=O) groups excluding carboxylic acids is 3. The third-order valence-electron chi connectivity index (χ3n) is 3.99. The number of fused-ring (bicyclic) bond motifs is 1. The van der Waals surface area contributed by atoms with Crippen LogP contribution in [0.25, 0.3) is 0 Å². The molecule has 0 radical (unpaired) electrons. The molecule has 2 aliphatic heterocycles. The summed E-state index contributed by atoms with van der Waals surface area (Å²) < 4.78 is 5.47. The molecule has 1 saturated heterocycles. The largest absolute Gasteiger partial charge is 0.378 e. The number of nitrogens with zero attached hydrogens (tertiary/aromatic N) is 1. The molecule has 1 unspecified atom stereocenters. The zero-order valence-corrected chi connectivity index (χ0v) is 12.2. The number of amides is 3. The molecule has 0 saturated carbocycles. The summed E-state index contributed by atoms with van der Waals surface area (Å²) in [5.41, 5.74) is 0.722. The highest BCUT2D eigenvalue weighted by Gasteiger charge is 2.36. The first kappa shape index (κ1) is 14.7. The maximum Gasteiger partial charge on any atom is 0.262 e. The first-order valence-corrected chi connectivity index (χ1v) is 7.50. The van der Waals surface area contributed by atoms with Gasteiger partial charge in [0, 0.05) is 13.2 Å². The summed E-state index contributed by atoms with van der Waals surface area (Å²) in [7, 11) is 0. The third kappa shape index (κ3) is 2.87. The van der Waals surface area contributed by atoms with Crippen molar-refractivity contribution in [3.05, 3.63) is 35.4 Å². The first-order chi connectivity index (χ1) is 10.7. The monoisotopic (exact) mass is 302 g/mol. The molecular weight excluding hydrogens is 284 g/mol. The van der Waals surface area contributed by atoms with Gasteiger partial charge in [-0.15, -0.1) is 0 Å². The van der Waals surface area contributed by atoms with Crippen LogP contribution in [-0.2, 0) is 9.53 Å². The van der Waals surface area contributed by atoms with Crippen molar-refractivity contribution in [3.63, 3.8) is 0 Å². The van der Waals surface area contributed by atoms with Gasteiger partial charge >= 0.3 is 0 Å². The predicted octanol–water partition coefficient (Wildman–Crippen LogP) is 0.968. The van der Waals surface area contributed by atoms with Gasteiger partial charge in [-0.25, -0.2) is 0 Å². The number of hydrogen-bond donors (Lipinski definition) is 1. The van der Waals surface area contributed by atoms with Crippen molar-refractivity contribution < 1.29 is 19.1 Å². The summed E-state index contributed by atoms with van der Waals surface area (Å²) in [4.78, 5) is 37.2. The van der Waals surface area contributed by atoms with Crippen LogP contribution in [0.2, 0.25) is 0 Å². The second-order valence-electron chi connectivity index (χ2n) is 5.52. The minimum atomic E-state index is -0.408. The van der Waals surface area contributed by atoms with E-state index in [2.05, 4.69) is 5.32 Å². The second kappa shape index (κ2) is 6.27. The molecule has 116 valence electrons. The van der Waals surface area contributed by atoms with Gasteiger partial charge in [-0.1, -0.05) is 12.1 Å². The SMILES string of the molecule is O=C(CN1C(=O)c2ccccc2C1=O)NCCC1CCCO1. The van der Waals surface area contributed by atoms with Gasteiger partial charge in [0.25, 0.3) is 11.8 Å². The molecule has 2 aliphatic rings. The third-order valence-corrected chi connectivity index (χ3v) is 3.99. The van der Waals surface area contributed by atoms with Crippen LogP contribution in [0.5, 0.6) is 0 Å². The summed E-state index contributed by atoms with van der Waals surface area (Å²) in [6.45, 7) is 1.04. The minimum absolute atomic E-state index is 0.208. The Kier molecular flexibility index (Phi) is 4.20. The maximum absolute atomic E-state index is 12.1. The van der Waals surface area contributed by atoms with Crippen molar-refractivity contribution in [2.75, 3.05) is 19.7 Å². The highest BCUT2D eigenvalue weighted by atomic mass is 16.5. The van der Waals surface area contributed by atoms with Crippen molar-refractivity contribution in [1.29, 1.82) is 0 Å². The number of hydrogen-bond acceptors (Lipinski definition) is 4. The van der Waals surface area contributed by atoms with Crippen LogP contribution in [0.15, 0.2) is 24.3 Å². The predicted molar refractivity (Wildman–Crippen MR) is 78.4 cm³/mol. The van der Waals surface area contributed by atoms with Crippen LogP contribution in [0.3, 0.4) is 0 Å². The Balaban J connectivity index is 1.52. The maximum atomic E-state index is 12.1. The Labute approximate surface area is 128 Å². The fourth-order valence-electron chi connectivity index (χ4n) is 2.83. The number of nitrogens with one attached hydrogen (secondary N) is 1. The molecule has 0 bridgehead atoms. The molecule has 22 heavy (non-hydrogen) atoms. The van der Waals surface area contributed by atoms with Gasteiger partial charge in [-0.3, -0.25) is 19.3 Å². The molecule has 0 aromatic heterocycles. The Hall–Kier alpha value is -2.21. The lowest BCUT2D eigenvalue weighted by Crippen LogP contribution is -2.41. The minimum Gasteiger partial charge on any atom is -0.378 e. The number of rotatable bonds is 5. The van der Waals surface area contributed by atoms with E-state index in [1.54, 1.807) is 24.3 Å². The van der Waals surface area contributed by atoms with Crippen molar-refractivity contribution in [2.45, 2.75) is 25.4 Å². The van der Waals surface area contributed by atoms with Crippen LogP contribution in [0.1, 0.15) is 40.0 Å². The first-order valence-electron chi connectivity index (χ1n) is 7.50. The molecule has 6 nitrogen and oxygen atoms in total. The molecule has 1 aromatic rings. The van der Waals surface area contributed by atoms with Crippen molar-refractivity contribution in [3.8, 4) is 0 Å².